The molecule has 0 spiro atoms. The van der Waals surface area contributed by atoms with E-state index >= 15 is 0 Å². The maximum absolute atomic E-state index is 4.19. The second kappa shape index (κ2) is 3.33. The first kappa shape index (κ1) is 9.67. The Hall–Kier alpha value is -2.34. The molecule has 84 valence electrons. The van der Waals surface area contributed by atoms with Gasteiger partial charge in [0.05, 0.1) is 0 Å². The monoisotopic (exact) mass is 228 g/mol. The van der Waals surface area contributed by atoms with Crippen LogP contribution in [0.4, 0.5) is 0 Å². The summed E-state index contributed by atoms with van der Waals surface area (Å²) in [7, 11) is 0. The third kappa shape index (κ3) is 1.15. The highest BCUT2D eigenvalue weighted by atomic mass is 14.2. The Morgan fingerprint density at radius 2 is 1.44 bits per heavy atom. The molecule has 0 aliphatic heterocycles. The molecule has 0 atom stereocenters. The molecule has 18 heavy (non-hydrogen) atoms. The van der Waals surface area contributed by atoms with E-state index in [4.69, 9.17) is 0 Å². The third-order valence-corrected chi connectivity index (χ3v) is 3.72. The van der Waals surface area contributed by atoms with Crippen LogP contribution in [0.1, 0.15) is 5.56 Å². The molecule has 1 aliphatic carbocycles. The standard InChI is InChI=1S/C18H12/c1-12-10-17-15-8-3-2-6-13(15)11-18(17)16-9-5-4-7-14(12)16/h2-11H,1H2. The Labute approximate surface area is 106 Å². The Morgan fingerprint density at radius 3 is 2.33 bits per heavy atom. The number of benzene rings is 3. The van der Waals surface area contributed by atoms with Crippen LogP contribution in [0.5, 0.6) is 0 Å². The van der Waals surface area contributed by atoms with E-state index in [0.717, 1.165) is 5.22 Å². The van der Waals surface area contributed by atoms with Crippen molar-refractivity contribution in [1.29, 1.82) is 0 Å². The van der Waals surface area contributed by atoms with E-state index in [1.807, 2.05) is 0 Å². The summed E-state index contributed by atoms with van der Waals surface area (Å²) < 4.78 is 0. The molecule has 3 aromatic rings. The van der Waals surface area contributed by atoms with E-state index in [0.29, 0.717) is 0 Å². The molecule has 0 aromatic heterocycles. The van der Waals surface area contributed by atoms with Gasteiger partial charge in [-0.15, -0.1) is 0 Å². The van der Waals surface area contributed by atoms with Crippen molar-refractivity contribution in [2.45, 2.75) is 0 Å². The van der Waals surface area contributed by atoms with Crippen LogP contribution in [0.25, 0.3) is 34.6 Å². The first-order valence-electron chi connectivity index (χ1n) is 6.16. The third-order valence-electron chi connectivity index (χ3n) is 3.72. The Bertz CT molecular complexity index is 886. The smallest absolute Gasteiger partial charge is 0.00926 e. The molecule has 0 saturated carbocycles. The van der Waals surface area contributed by atoms with E-state index in [1.54, 1.807) is 0 Å². The zero-order chi connectivity index (χ0) is 12.1. The van der Waals surface area contributed by atoms with Gasteiger partial charge in [-0.3, -0.25) is 0 Å². The summed E-state index contributed by atoms with van der Waals surface area (Å²) in [6.45, 7) is 4.19. The van der Waals surface area contributed by atoms with Gasteiger partial charge in [0.15, 0.2) is 0 Å². The first-order valence-corrected chi connectivity index (χ1v) is 6.16. The molecule has 0 bridgehead atoms. The molecule has 0 unspecified atom stereocenters. The predicted molar refractivity (Wildman–Crippen MR) is 77.7 cm³/mol. The molecule has 0 amide bonds. The highest BCUT2D eigenvalue weighted by Gasteiger charge is 2.13. The van der Waals surface area contributed by atoms with Crippen molar-refractivity contribution in [2.75, 3.05) is 0 Å². The van der Waals surface area contributed by atoms with Crippen LogP contribution in [0.3, 0.4) is 0 Å². The molecule has 3 aromatic carbocycles. The van der Waals surface area contributed by atoms with Crippen molar-refractivity contribution < 1.29 is 0 Å². The van der Waals surface area contributed by atoms with E-state index in [1.165, 1.54) is 32.7 Å². The quantitative estimate of drug-likeness (QED) is 0.434. The van der Waals surface area contributed by atoms with Crippen molar-refractivity contribution in [2.24, 2.45) is 0 Å². The van der Waals surface area contributed by atoms with Crippen molar-refractivity contribution in [1.82, 2.24) is 0 Å². The zero-order valence-electron chi connectivity index (χ0n) is 9.98. The van der Waals surface area contributed by atoms with Crippen LogP contribution in [-0.4, -0.2) is 0 Å². The summed E-state index contributed by atoms with van der Waals surface area (Å²) in [4.78, 5) is 0. The SMILES string of the molecule is C=c1cc2c(c3ccccc13)=Cc1ccccc1-2. The van der Waals surface area contributed by atoms with Crippen LogP contribution in [0, 0.1) is 0 Å². The molecular formula is C18H12. The van der Waals surface area contributed by atoms with Gasteiger partial charge in [-0.2, -0.15) is 0 Å². The van der Waals surface area contributed by atoms with Crippen LogP contribution >= 0.6 is 0 Å². The molecular weight excluding hydrogens is 216 g/mol. The number of hydrogen-bond donors (Lipinski definition) is 0. The van der Waals surface area contributed by atoms with Gasteiger partial charge in [-0.25, -0.2) is 0 Å². The highest BCUT2D eigenvalue weighted by molar-refractivity contribution is 5.95. The van der Waals surface area contributed by atoms with Crippen LogP contribution < -0.4 is 10.4 Å². The molecule has 0 nitrogen and oxygen atoms in total. The highest BCUT2D eigenvalue weighted by Crippen LogP contribution is 2.27. The minimum absolute atomic E-state index is 1.11. The van der Waals surface area contributed by atoms with Gasteiger partial charge >= 0.3 is 0 Å². The van der Waals surface area contributed by atoms with Gasteiger partial charge in [0.1, 0.15) is 0 Å². The summed E-state index contributed by atoms with van der Waals surface area (Å²) in [5.74, 6) is 0. The largest absolute Gasteiger partial charge is 0.0911 e. The van der Waals surface area contributed by atoms with Crippen LogP contribution in [0.2, 0.25) is 0 Å². The fourth-order valence-electron chi connectivity index (χ4n) is 2.87. The lowest BCUT2D eigenvalue weighted by molar-refractivity contribution is 1.61. The second-order valence-corrected chi connectivity index (χ2v) is 4.77. The molecule has 0 heteroatoms. The fraction of sp³-hybridized carbons (Fsp3) is 0. The minimum atomic E-state index is 1.11. The van der Waals surface area contributed by atoms with Gasteiger partial charge in [0.25, 0.3) is 0 Å². The Balaban J connectivity index is 2.28. The van der Waals surface area contributed by atoms with Crippen LogP contribution in [-0.2, 0) is 0 Å². The first-order chi connectivity index (χ1) is 8.84. The van der Waals surface area contributed by atoms with Crippen molar-refractivity contribution in [3.05, 3.63) is 70.6 Å². The summed E-state index contributed by atoms with van der Waals surface area (Å²) in [6.07, 6.45) is 2.28. The average molecular weight is 228 g/mol. The van der Waals surface area contributed by atoms with E-state index < -0.39 is 0 Å². The Morgan fingerprint density at radius 1 is 0.722 bits per heavy atom. The summed E-state index contributed by atoms with van der Waals surface area (Å²) in [5, 5.41) is 4.99. The van der Waals surface area contributed by atoms with Gasteiger partial charge in [0.2, 0.25) is 0 Å². The predicted octanol–water partition coefficient (Wildman–Crippen LogP) is 3.06. The summed E-state index contributed by atoms with van der Waals surface area (Å²) in [6, 6.07) is 19.3. The maximum Gasteiger partial charge on any atom is -0.00926 e. The molecule has 0 heterocycles. The van der Waals surface area contributed by atoms with Gasteiger partial charge in [0, 0.05) is 0 Å². The molecule has 4 rings (SSSR count). The normalized spacial score (nSPS) is 12.0. The zero-order valence-corrected chi connectivity index (χ0v) is 9.98. The van der Waals surface area contributed by atoms with Crippen molar-refractivity contribution in [3.8, 4) is 11.1 Å². The molecule has 0 saturated heterocycles. The number of hydrogen-bond acceptors (Lipinski definition) is 0. The summed E-state index contributed by atoms with van der Waals surface area (Å²) in [5.41, 5.74) is 3.95. The minimum Gasteiger partial charge on any atom is -0.0911 e. The van der Waals surface area contributed by atoms with Gasteiger partial charge < -0.3 is 0 Å². The van der Waals surface area contributed by atoms with Crippen LogP contribution in [0.15, 0.2) is 54.6 Å². The molecule has 0 radical (unpaired) electrons. The van der Waals surface area contributed by atoms with E-state index in [9.17, 15) is 0 Å². The number of fused-ring (bicyclic) bond motifs is 5. The lowest BCUT2D eigenvalue weighted by Crippen LogP contribution is -2.11. The lowest BCUT2D eigenvalue weighted by Gasteiger charge is -2.04. The average Bonchev–Trinajstić information content (AvgIpc) is 2.78. The Kier molecular flexibility index (Phi) is 1.79. The topological polar surface area (TPSA) is 0 Å². The van der Waals surface area contributed by atoms with Gasteiger partial charge in [-0.1, -0.05) is 55.1 Å². The lowest BCUT2D eigenvalue weighted by atomic mass is 10.00. The summed E-state index contributed by atoms with van der Waals surface area (Å²) >= 11 is 0. The fourth-order valence-corrected chi connectivity index (χ4v) is 2.87. The number of rotatable bonds is 0. The van der Waals surface area contributed by atoms with Crippen molar-refractivity contribution >= 4 is 23.4 Å². The van der Waals surface area contributed by atoms with E-state index in [2.05, 4.69) is 67.3 Å². The van der Waals surface area contributed by atoms with E-state index in [-0.39, 0.29) is 0 Å². The second-order valence-electron chi connectivity index (χ2n) is 4.77. The maximum atomic E-state index is 4.19. The van der Waals surface area contributed by atoms with Gasteiger partial charge in [-0.05, 0) is 50.0 Å². The molecule has 0 N–H and O–H groups in total. The molecule has 1 aliphatic rings. The molecule has 0 fully saturated rings. The van der Waals surface area contributed by atoms with Crippen molar-refractivity contribution in [3.63, 3.8) is 0 Å².